The predicted octanol–water partition coefficient (Wildman–Crippen LogP) is 3.35. The minimum absolute atomic E-state index is 0. The average molecular weight is 449 g/mol. The van der Waals surface area contributed by atoms with Crippen LogP contribution in [0.15, 0.2) is 42.0 Å². The van der Waals surface area contributed by atoms with Crippen molar-refractivity contribution in [3.8, 4) is 0 Å². The molecule has 0 aromatic heterocycles. The molecule has 3 nitrogen and oxygen atoms in total. The molecule has 1 aliphatic carbocycles. The number of carbonyl (C=O) groups is 1. The van der Waals surface area contributed by atoms with Gasteiger partial charge in [-0.3, -0.25) is 4.79 Å². The fourth-order valence-electron chi connectivity index (χ4n) is 2.38. The van der Waals surface area contributed by atoms with Gasteiger partial charge in [-0.1, -0.05) is 48.4 Å². The second kappa shape index (κ2) is 10.8. The summed E-state index contributed by atoms with van der Waals surface area (Å²) in [7, 11) is 1.00. The molecule has 0 amide bonds. The SMILES string of the molecule is CO.O=C(O)C(C=C1CCCCC1)c1ccccc1.[Re]. The molecule has 4 heteroatoms. The summed E-state index contributed by atoms with van der Waals surface area (Å²) < 4.78 is 0. The van der Waals surface area contributed by atoms with Crippen molar-refractivity contribution in [1.29, 1.82) is 0 Å². The van der Waals surface area contributed by atoms with Crippen molar-refractivity contribution < 1.29 is 35.4 Å². The zero-order valence-corrected chi connectivity index (χ0v) is 14.5. The van der Waals surface area contributed by atoms with Gasteiger partial charge in [-0.25, -0.2) is 0 Å². The second-order valence-corrected chi connectivity index (χ2v) is 4.61. The van der Waals surface area contributed by atoms with Gasteiger partial charge in [-0.2, -0.15) is 0 Å². The van der Waals surface area contributed by atoms with Gasteiger partial charge in [0.1, 0.15) is 0 Å². The Kier molecular flexibility index (Phi) is 10.3. The van der Waals surface area contributed by atoms with E-state index >= 15 is 0 Å². The van der Waals surface area contributed by atoms with Crippen LogP contribution in [0.1, 0.15) is 43.6 Å². The Bertz CT molecular complexity index is 407. The van der Waals surface area contributed by atoms with Crippen LogP contribution in [0, 0.1) is 0 Å². The van der Waals surface area contributed by atoms with Crippen LogP contribution < -0.4 is 0 Å². The number of aliphatic hydroxyl groups is 1. The van der Waals surface area contributed by atoms with E-state index < -0.39 is 11.9 Å². The number of hydrogen-bond acceptors (Lipinski definition) is 2. The van der Waals surface area contributed by atoms with Crippen LogP contribution in [-0.4, -0.2) is 23.3 Å². The van der Waals surface area contributed by atoms with E-state index in [0.717, 1.165) is 25.5 Å². The third kappa shape index (κ3) is 6.00. The molecule has 0 aliphatic heterocycles. The van der Waals surface area contributed by atoms with Gasteiger partial charge in [-0.05, 0) is 31.2 Å². The molecular weight excluding hydrogens is 426 g/mol. The summed E-state index contributed by atoms with van der Waals surface area (Å²) in [5, 5.41) is 16.3. The normalized spacial score (nSPS) is 15.2. The largest absolute Gasteiger partial charge is 0.481 e. The number of carboxylic acids is 1. The molecule has 20 heavy (non-hydrogen) atoms. The number of aliphatic carboxylic acids is 1. The van der Waals surface area contributed by atoms with Crippen molar-refractivity contribution in [1.82, 2.24) is 0 Å². The van der Waals surface area contributed by atoms with Gasteiger partial charge < -0.3 is 10.2 Å². The number of hydrogen-bond donors (Lipinski definition) is 2. The zero-order chi connectivity index (χ0) is 14.1. The van der Waals surface area contributed by atoms with E-state index in [1.165, 1.54) is 24.8 Å². The summed E-state index contributed by atoms with van der Waals surface area (Å²) >= 11 is 0. The molecule has 1 fully saturated rings. The topological polar surface area (TPSA) is 57.5 Å². The molecule has 1 saturated carbocycles. The van der Waals surface area contributed by atoms with Crippen molar-refractivity contribution in [2.75, 3.05) is 7.11 Å². The molecule has 0 bridgehead atoms. The summed E-state index contributed by atoms with van der Waals surface area (Å²) in [6, 6.07) is 9.48. The molecule has 1 atom stereocenters. The predicted molar refractivity (Wildman–Crippen MR) is 76.1 cm³/mol. The molecule has 0 spiro atoms. The van der Waals surface area contributed by atoms with Crippen LogP contribution in [0.5, 0.6) is 0 Å². The van der Waals surface area contributed by atoms with Crippen LogP contribution in [0.25, 0.3) is 0 Å². The molecule has 1 unspecified atom stereocenters. The minimum Gasteiger partial charge on any atom is -0.481 e. The number of benzene rings is 1. The molecule has 0 saturated heterocycles. The smallest absolute Gasteiger partial charge is 0.314 e. The third-order valence-electron chi connectivity index (χ3n) is 3.32. The Hall–Kier alpha value is -0.948. The van der Waals surface area contributed by atoms with Gasteiger partial charge in [0.2, 0.25) is 0 Å². The fraction of sp³-hybridized carbons (Fsp3) is 0.438. The molecule has 2 rings (SSSR count). The molecule has 2 N–H and O–H groups in total. The van der Waals surface area contributed by atoms with Gasteiger partial charge >= 0.3 is 5.97 Å². The van der Waals surface area contributed by atoms with Gasteiger partial charge in [0.25, 0.3) is 0 Å². The Labute approximate surface area is 134 Å². The van der Waals surface area contributed by atoms with E-state index in [9.17, 15) is 9.90 Å². The van der Waals surface area contributed by atoms with E-state index in [1.54, 1.807) is 0 Å². The average Bonchev–Trinajstić information content (AvgIpc) is 2.48. The fourth-order valence-corrected chi connectivity index (χ4v) is 2.38. The summed E-state index contributed by atoms with van der Waals surface area (Å²) in [4.78, 5) is 11.3. The number of aliphatic hydroxyl groups excluding tert-OH is 1. The summed E-state index contributed by atoms with van der Waals surface area (Å²) in [6.07, 6.45) is 7.77. The van der Waals surface area contributed by atoms with Crippen molar-refractivity contribution >= 4 is 5.97 Å². The summed E-state index contributed by atoms with van der Waals surface area (Å²) in [5.41, 5.74) is 2.19. The summed E-state index contributed by atoms with van der Waals surface area (Å²) in [6.45, 7) is 0. The molecule has 1 aromatic rings. The molecule has 1 aromatic carbocycles. The van der Waals surface area contributed by atoms with E-state index in [2.05, 4.69) is 0 Å². The first-order chi connectivity index (χ1) is 9.27. The Morgan fingerprint density at radius 3 is 2.15 bits per heavy atom. The van der Waals surface area contributed by atoms with Crippen LogP contribution >= 0.6 is 0 Å². The van der Waals surface area contributed by atoms with Crippen molar-refractivity contribution in [2.24, 2.45) is 0 Å². The first kappa shape index (κ1) is 19.1. The van der Waals surface area contributed by atoms with Crippen LogP contribution in [-0.2, 0) is 25.2 Å². The zero-order valence-electron chi connectivity index (χ0n) is 11.8. The molecular formula is C16H22O3Re. The first-order valence-electron chi connectivity index (χ1n) is 6.69. The monoisotopic (exact) mass is 449 g/mol. The third-order valence-corrected chi connectivity index (χ3v) is 3.32. The first-order valence-corrected chi connectivity index (χ1v) is 6.69. The molecule has 111 valence electrons. The number of carboxylic acid groups (broad SMARTS) is 1. The van der Waals surface area contributed by atoms with E-state index in [0.29, 0.717) is 0 Å². The van der Waals surface area contributed by atoms with Crippen molar-refractivity contribution in [3.05, 3.63) is 47.5 Å². The maximum Gasteiger partial charge on any atom is 0.314 e. The maximum absolute atomic E-state index is 11.3. The number of rotatable bonds is 3. The van der Waals surface area contributed by atoms with Gasteiger partial charge in [0, 0.05) is 27.5 Å². The van der Waals surface area contributed by atoms with E-state index in [-0.39, 0.29) is 20.4 Å². The Morgan fingerprint density at radius 2 is 1.65 bits per heavy atom. The molecule has 1 aliphatic rings. The van der Waals surface area contributed by atoms with E-state index in [4.69, 9.17) is 5.11 Å². The minimum atomic E-state index is -0.755. The maximum atomic E-state index is 11.3. The van der Waals surface area contributed by atoms with Gasteiger partial charge in [0.05, 0.1) is 5.92 Å². The van der Waals surface area contributed by atoms with Gasteiger partial charge in [-0.15, -0.1) is 0 Å². The van der Waals surface area contributed by atoms with Crippen LogP contribution in [0.3, 0.4) is 0 Å². The van der Waals surface area contributed by atoms with Gasteiger partial charge in [0.15, 0.2) is 0 Å². The quantitative estimate of drug-likeness (QED) is 0.698. The van der Waals surface area contributed by atoms with Crippen molar-refractivity contribution in [2.45, 2.75) is 38.0 Å². The van der Waals surface area contributed by atoms with Crippen LogP contribution in [0.2, 0.25) is 0 Å². The van der Waals surface area contributed by atoms with Crippen molar-refractivity contribution in [3.63, 3.8) is 0 Å². The molecule has 1 radical (unpaired) electrons. The van der Waals surface area contributed by atoms with E-state index in [1.807, 2.05) is 36.4 Å². The Morgan fingerprint density at radius 1 is 1.10 bits per heavy atom. The van der Waals surface area contributed by atoms with Crippen LogP contribution in [0.4, 0.5) is 0 Å². The standard InChI is InChI=1S/C15H18O2.CH4O.Re/c16-15(17)14(13-9-5-2-6-10-13)11-12-7-3-1-4-8-12;1-2;/h2,5-6,9-11,14H,1,3-4,7-8H2,(H,16,17);2H,1H3;. The Balaban J connectivity index is 0.00000115. The second-order valence-electron chi connectivity index (χ2n) is 4.61. The summed E-state index contributed by atoms with van der Waals surface area (Å²) in [5.74, 6) is -1.24. The molecule has 0 heterocycles. The number of allylic oxidation sites excluding steroid dienone is 1.